The number of nitrogens with zero attached hydrogens (tertiary/aromatic N) is 1. The molecular formula is C23H29NO5S2. The number of rotatable bonds is 11. The molecule has 2 heterocycles. The maximum Gasteiger partial charge on any atom is 0.345 e. The summed E-state index contributed by atoms with van der Waals surface area (Å²) in [5, 5.41) is 30.2. The van der Waals surface area contributed by atoms with Gasteiger partial charge in [-0.05, 0) is 30.7 Å². The van der Waals surface area contributed by atoms with Crippen LogP contribution < -0.4 is 0 Å². The van der Waals surface area contributed by atoms with E-state index in [2.05, 4.69) is 11.8 Å². The van der Waals surface area contributed by atoms with Gasteiger partial charge in [-0.25, -0.2) is 11.4 Å². The van der Waals surface area contributed by atoms with Crippen LogP contribution in [0.15, 0.2) is 24.3 Å². The van der Waals surface area contributed by atoms with Gasteiger partial charge in [-0.15, -0.1) is 22.7 Å². The first-order valence-electron chi connectivity index (χ1n) is 10.7. The van der Waals surface area contributed by atoms with Gasteiger partial charge in [0.1, 0.15) is 11.0 Å². The van der Waals surface area contributed by atoms with E-state index in [0.717, 1.165) is 40.3 Å². The van der Waals surface area contributed by atoms with Crippen molar-refractivity contribution in [3.8, 4) is 0 Å². The number of aliphatic hydroxyl groups is 2. The Hall–Kier alpha value is -1.76. The molecule has 6 nitrogen and oxygen atoms in total. The van der Waals surface area contributed by atoms with Crippen molar-refractivity contribution < 1.29 is 24.9 Å². The van der Waals surface area contributed by atoms with E-state index in [1.165, 1.54) is 22.7 Å². The van der Waals surface area contributed by atoms with Gasteiger partial charge in [-0.3, -0.25) is 0 Å². The zero-order valence-electron chi connectivity index (χ0n) is 17.6. The molecule has 2 aromatic heterocycles. The van der Waals surface area contributed by atoms with Crippen LogP contribution in [0.5, 0.6) is 0 Å². The molecule has 168 valence electrons. The van der Waals surface area contributed by atoms with Crippen molar-refractivity contribution in [3.05, 3.63) is 55.2 Å². The van der Waals surface area contributed by atoms with Gasteiger partial charge in [0, 0.05) is 21.1 Å². The summed E-state index contributed by atoms with van der Waals surface area (Å²) in [5.74, 6) is -1.23. The highest BCUT2D eigenvalue weighted by molar-refractivity contribution is 7.13. The number of thiophene rings is 2. The summed E-state index contributed by atoms with van der Waals surface area (Å²) < 4.78 is 6.10. The predicted octanol–water partition coefficient (Wildman–Crippen LogP) is 4.89. The molecule has 2 aromatic rings. The first kappa shape index (κ1) is 23.9. The molecule has 0 spiro atoms. The monoisotopic (exact) mass is 463 g/mol. The molecule has 3 N–H and O–H groups in total. The molecule has 1 saturated carbocycles. The summed E-state index contributed by atoms with van der Waals surface area (Å²) in [6.45, 7) is 10.0. The fourth-order valence-corrected chi connectivity index (χ4v) is 6.11. The van der Waals surface area contributed by atoms with Gasteiger partial charge in [0.15, 0.2) is 0 Å². The lowest BCUT2D eigenvalue weighted by Crippen LogP contribution is -2.28. The van der Waals surface area contributed by atoms with Gasteiger partial charge in [0.25, 0.3) is 6.04 Å². The minimum Gasteiger partial charge on any atom is -0.477 e. The zero-order valence-corrected chi connectivity index (χ0v) is 19.2. The topological polar surface area (TPSA) is 91.4 Å². The molecule has 0 saturated heterocycles. The van der Waals surface area contributed by atoms with Crippen LogP contribution in [0, 0.1) is 6.57 Å². The first-order chi connectivity index (χ1) is 14.9. The number of hydrogen-bond donors (Lipinski definition) is 3. The Kier molecular flexibility index (Phi) is 8.64. The van der Waals surface area contributed by atoms with Crippen LogP contribution in [0.2, 0.25) is 0 Å². The molecule has 0 aliphatic heterocycles. The molecule has 3 unspecified atom stereocenters. The summed E-state index contributed by atoms with van der Waals surface area (Å²) in [5.41, 5.74) is 0. The molecule has 1 aliphatic rings. The van der Waals surface area contributed by atoms with Crippen LogP contribution >= 0.6 is 22.7 Å². The number of unbranched alkanes of at least 4 members (excludes halogenated alkanes) is 2. The molecule has 31 heavy (non-hydrogen) atoms. The van der Waals surface area contributed by atoms with Crippen LogP contribution in [-0.4, -0.2) is 46.1 Å². The maximum absolute atomic E-state index is 11.0. The van der Waals surface area contributed by atoms with E-state index in [1.807, 2.05) is 12.1 Å². The predicted molar refractivity (Wildman–Crippen MR) is 122 cm³/mol. The molecule has 1 fully saturated rings. The fourth-order valence-electron chi connectivity index (χ4n) is 4.06. The van der Waals surface area contributed by atoms with Gasteiger partial charge >= 0.3 is 5.97 Å². The molecule has 5 atom stereocenters. The highest BCUT2D eigenvalue weighted by Crippen LogP contribution is 2.43. The summed E-state index contributed by atoms with van der Waals surface area (Å²) in [7, 11) is 0. The van der Waals surface area contributed by atoms with Gasteiger partial charge < -0.3 is 24.9 Å². The number of carboxylic acid groups (broad SMARTS) is 1. The van der Waals surface area contributed by atoms with Crippen molar-refractivity contribution >= 4 is 28.6 Å². The zero-order chi connectivity index (χ0) is 22.4. The third-order valence-electron chi connectivity index (χ3n) is 5.71. The van der Waals surface area contributed by atoms with Gasteiger partial charge in [-0.2, -0.15) is 0 Å². The summed E-state index contributed by atoms with van der Waals surface area (Å²) in [6, 6.07) is 6.82. The lowest BCUT2D eigenvalue weighted by molar-refractivity contribution is 0.0308. The Bertz CT molecular complexity index is 902. The maximum atomic E-state index is 11.0. The van der Waals surface area contributed by atoms with E-state index in [9.17, 15) is 15.0 Å². The third-order valence-corrected chi connectivity index (χ3v) is 8.13. The molecule has 8 heteroatoms. The van der Waals surface area contributed by atoms with E-state index in [4.69, 9.17) is 16.4 Å². The second kappa shape index (κ2) is 11.2. The minimum atomic E-state index is -0.936. The minimum absolute atomic E-state index is 0.293. The summed E-state index contributed by atoms with van der Waals surface area (Å²) in [6.07, 6.45) is 3.26. The summed E-state index contributed by atoms with van der Waals surface area (Å²) >= 11 is 2.72. The van der Waals surface area contributed by atoms with Gasteiger partial charge in [-0.1, -0.05) is 26.2 Å². The lowest BCUT2D eigenvalue weighted by atomic mass is 10.0. The lowest BCUT2D eigenvalue weighted by Gasteiger charge is -2.21. The summed E-state index contributed by atoms with van der Waals surface area (Å²) in [4.78, 5) is 17.8. The Morgan fingerprint density at radius 3 is 2.77 bits per heavy atom. The van der Waals surface area contributed by atoms with Crippen LogP contribution in [0.3, 0.4) is 0 Å². The second-order valence-corrected chi connectivity index (χ2v) is 10.2. The van der Waals surface area contributed by atoms with Crippen molar-refractivity contribution in [2.75, 3.05) is 6.61 Å². The molecule has 3 rings (SSSR count). The standard InChI is InChI=1S/C23H29NO5S2/c1-3-4-5-6-16(25)18-9-10-19(31-18)21-17(26)13-15(24-2)22(21)29-12-11-14-7-8-20(30-14)23(27)28/h7-10,15-17,21-22,25-26H,3-6,11-13H2,1H3,(H,27,28)/t15-,16?,17-,21?,22?/m1/s1. The van der Waals surface area contributed by atoms with Gasteiger partial charge in [0.05, 0.1) is 31.2 Å². The van der Waals surface area contributed by atoms with Gasteiger partial charge in [0.2, 0.25) is 0 Å². The molecule has 0 bridgehead atoms. The van der Waals surface area contributed by atoms with E-state index in [1.54, 1.807) is 12.1 Å². The van der Waals surface area contributed by atoms with Crippen molar-refractivity contribution in [2.24, 2.45) is 0 Å². The molecule has 1 aliphatic carbocycles. The van der Waals surface area contributed by atoms with E-state index >= 15 is 0 Å². The average molecular weight is 464 g/mol. The quantitative estimate of drug-likeness (QED) is 0.326. The van der Waals surface area contributed by atoms with Crippen LogP contribution in [0.1, 0.15) is 75.4 Å². The number of carbonyl (C=O) groups is 1. The van der Waals surface area contributed by atoms with Crippen molar-refractivity contribution in [2.45, 2.75) is 75.7 Å². The highest BCUT2D eigenvalue weighted by Gasteiger charge is 2.49. The highest BCUT2D eigenvalue weighted by atomic mass is 32.1. The largest absolute Gasteiger partial charge is 0.477 e. The molecule has 0 radical (unpaired) electrons. The molecule has 0 aromatic carbocycles. The molecule has 0 amide bonds. The van der Waals surface area contributed by atoms with Crippen molar-refractivity contribution in [1.82, 2.24) is 0 Å². The Labute approximate surface area is 190 Å². The van der Waals surface area contributed by atoms with E-state index in [-0.39, 0.29) is 5.92 Å². The third kappa shape index (κ3) is 5.93. The van der Waals surface area contributed by atoms with E-state index in [0.29, 0.717) is 24.3 Å². The van der Waals surface area contributed by atoms with Crippen LogP contribution in [0.4, 0.5) is 0 Å². The smallest absolute Gasteiger partial charge is 0.345 e. The number of carboxylic acids is 1. The second-order valence-electron chi connectivity index (χ2n) is 7.93. The van der Waals surface area contributed by atoms with Crippen molar-refractivity contribution in [3.63, 3.8) is 0 Å². The molecular weight excluding hydrogens is 434 g/mol. The number of ether oxygens (including phenoxy) is 1. The number of hydrogen-bond acceptors (Lipinski definition) is 6. The Morgan fingerprint density at radius 1 is 1.29 bits per heavy atom. The SMILES string of the molecule is [C-]#[N+][C@@H]1C[C@@H](O)C(c2ccc(C(O)CCCCC)s2)C1OCCc1ccc(C(=O)O)s1. The normalized spacial score (nSPS) is 24.2. The Balaban J connectivity index is 1.65. The van der Waals surface area contributed by atoms with Crippen molar-refractivity contribution in [1.29, 1.82) is 0 Å². The first-order valence-corrected chi connectivity index (χ1v) is 12.3. The van der Waals surface area contributed by atoms with E-state index < -0.39 is 30.3 Å². The number of aliphatic hydroxyl groups excluding tert-OH is 2. The van der Waals surface area contributed by atoms with Crippen LogP contribution in [-0.2, 0) is 11.2 Å². The fraction of sp³-hybridized carbons (Fsp3) is 0.565. The Morgan fingerprint density at radius 2 is 2.10 bits per heavy atom. The number of aromatic carboxylic acids is 1. The average Bonchev–Trinajstić information content (AvgIpc) is 3.47. The van der Waals surface area contributed by atoms with Crippen LogP contribution in [0.25, 0.3) is 4.85 Å².